The fraction of sp³-hybridized carbons (Fsp3) is 0.348. The van der Waals surface area contributed by atoms with Crippen LogP contribution >= 0.6 is 0 Å². The third-order valence-electron chi connectivity index (χ3n) is 4.65. The van der Waals surface area contributed by atoms with E-state index in [9.17, 15) is 24.5 Å². The van der Waals surface area contributed by atoms with Gasteiger partial charge in [0, 0.05) is 11.6 Å². The van der Waals surface area contributed by atoms with Crippen molar-refractivity contribution in [2.24, 2.45) is 5.92 Å². The lowest BCUT2D eigenvalue weighted by atomic mass is 10.0. The fourth-order valence-corrected chi connectivity index (χ4v) is 2.90. The molecular formula is C23H27N3O8. The Kier molecular flexibility index (Phi) is 9.36. The molecule has 0 heterocycles. The number of nitrogens with zero attached hydrogens (tertiary/aromatic N) is 1. The summed E-state index contributed by atoms with van der Waals surface area (Å²) in [6.07, 6.45) is 0. The molecule has 11 nitrogen and oxygen atoms in total. The maximum absolute atomic E-state index is 12.6. The highest BCUT2D eigenvalue weighted by Gasteiger charge is 2.27. The van der Waals surface area contributed by atoms with Gasteiger partial charge >= 0.3 is 5.97 Å². The zero-order chi connectivity index (χ0) is 25.3. The molecule has 2 aromatic rings. The lowest BCUT2D eigenvalue weighted by molar-refractivity contribution is -0.384. The van der Waals surface area contributed by atoms with Crippen LogP contribution in [0.4, 0.5) is 11.4 Å². The number of hydrogen-bond donors (Lipinski definition) is 2. The number of carbonyl (C=O) groups is 3. The van der Waals surface area contributed by atoms with Crippen LogP contribution in [0.5, 0.6) is 11.5 Å². The van der Waals surface area contributed by atoms with E-state index in [-0.39, 0.29) is 23.0 Å². The summed E-state index contributed by atoms with van der Waals surface area (Å²) in [6.45, 7) is 5.18. The second-order valence-corrected chi connectivity index (χ2v) is 7.45. The van der Waals surface area contributed by atoms with Gasteiger partial charge in [-0.3, -0.25) is 19.7 Å². The van der Waals surface area contributed by atoms with Crippen molar-refractivity contribution in [3.8, 4) is 11.5 Å². The number of ether oxygens (including phenoxy) is 3. The topological polar surface area (TPSA) is 146 Å². The molecule has 11 heteroatoms. The number of benzene rings is 2. The number of carbonyl (C=O) groups excluding carboxylic acids is 3. The van der Waals surface area contributed by atoms with Crippen LogP contribution < -0.4 is 20.1 Å². The molecule has 0 aliphatic carbocycles. The van der Waals surface area contributed by atoms with Crippen LogP contribution in [-0.4, -0.2) is 49.1 Å². The predicted octanol–water partition coefficient (Wildman–Crippen LogP) is 2.94. The molecule has 1 atom stereocenters. The molecule has 0 unspecified atom stereocenters. The Morgan fingerprint density at radius 3 is 2.32 bits per heavy atom. The van der Waals surface area contributed by atoms with Crippen molar-refractivity contribution in [3.05, 3.63) is 58.1 Å². The van der Waals surface area contributed by atoms with Gasteiger partial charge in [0.1, 0.15) is 17.5 Å². The molecule has 182 valence electrons. The largest absolute Gasteiger partial charge is 0.494 e. The Morgan fingerprint density at radius 2 is 1.76 bits per heavy atom. The second kappa shape index (κ2) is 12.2. The van der Waals surface area contributed by atoms with Gasteiger partial charge < -0.3 is 24.8 Å². The minimum absolute atomic E-state index is 0.0801. The lowest BCUT2D eigenvalue weighted by Crippen LogP contribution is -2.45. The first kappa shape index (κ1) is 26.1. The maximum Gasteiger partial charge on any atom is 0.329 e. The van der Waals surface area contributed by atoms with Crippen LogP contribution in [0.2, 0.25) is 0 Å². The second-order valence-electron chi connectivity index (χ2n) is 7.45. The summed E-state index contributed by atoms with van der Waals surface area (Å²) in [4.78, 5) is 47.6. The number of amides is 2. The Bertz CT molecular complexity index is 1040. The van der Waals surface area contributed by atoms with E-state index < -0.39 is 35.4 Å². The Morgan fingerprint density at radius 1 is 1.09 bits per heavy atom. The van der Waals surface area contributed by atoms with Gasteiger partial charge in [0.05, 0.1) is 30.4 Å². The van der Waals surface area contributed by atoms with Gasteiger partial charge in [-0.2, -0.15) is 0 Å². The molecule has 0 saturated carbocycles. The molecule has 0 aliphatic heterocycles. The van der Waals surface area contributed by atoms with Crippen LogP contribution in [0, 0.1) is 16.0 Å². The predicted molar refractivity (Wildman–Crippen MR) is 123 cm³/mol. The third kappa shape index (κ3) is 7.19. The molecule has 0 aromatic heterocycles. The first-order valence-electron chi connectivity index (χ1n) is 10.5. The lowest BCUT2D eigenvalue weighted by Gasteiger charge is -2.21. The van der Waals surface area contributed by atoms with Gasteiger partial charge in [-0.25, -0.2) is 4.79 Å². The average molecular weight is 473 g/mol. The van der Waals surface area contributed by atoms with Crippen molar-refractivity contribution in [2.45, 2.75) is 26.8 Å². The summed E-state index contributed by atoms with van der Waals surface area (Å²) >= 11 is 0. The standard InChI is InChI=1S/C23H27N3O8/c1-5-33-17-9-6-15(7-10-17)22(28)25-21(14(2)3)23(29)34-13-20(27)24-18-11-8-16(26(30)31)12-19(18)32-4/h6-12,14,21H,5,13H2,1-4H3,(H,24,27)(H,25,28)/t21-/m0/s1. The number of non-ortho nitro benzene ring substituents is 1. The zero-order valence-corrected chi connectivity index (χ0v) is 19.3. The summed E-state index contributed by atoms with van der Waals surface area (Å²) in [5.74, 6) is -1.54. The van der Waals surface area contributed by atoms with Crippen LogP contribution in [0.25, 0.3) is 0 Å². The van der Waals surface area contributed by atoms with Gasteiger partial charge in [-0.05, 0) is 43.2 Å². The zero-order valence-electron chi connectivity index (χ0n) is 19.3. The third-order valence-corrected chi connectivity index (χ3v) is 4.65. The van der Waals surface area contributed by atoms with E-state index in [1.165, 1.54) is 19.2 Å². The number of methoxy groups -OCH3 is 1. The van der Waals surface area contributed by atoms with Gasteiger partial charge in [-0.15, -0.1) is 0 Å². The minimum Gasteiger partial charge on any atom is -0.494 e. The molecule has 0 fully saturated rings. The van der Waals surface area contributed by atoms with Crippen LogP contribution in [0.15, 0.2) is 42.5 Å². The van der Waals surface area contributed by atoms with E-state index in [0.29, 0.717) is 17.9 Å². The average Bonchev–Trinajstić information content (AvgIpc) is 2.81. The smallest absolute Gasteiger partial charge is 0.329 e. The quantitative estimate of drug-likeness (QED) is 0.288. The first-order valence-corrected chi connectivity index (χ1v) is 10.5. The van der Waals surface area contributed by atoms with Gasteiger partial charge in [0.2, 0.25) is 0 Å². The van der Waals surface area contributed by atoms with E-state index in [1.54, 1.807) is 38.1 Å². The summed E-state index contributed by atoms with van der Waals surface area (Å²) in [7, 11) is 1.30. The summed E-state index contributed by atoms with van der Waals surface area (Å²) < 4.78 is 15.5. The van der Waals surface area contributed by atoms with Crippen molar-refractivity contribution in [1.82, 2.24) is 5.32 Å². The number of hydrogen-bond acceptors (Lipinski definition) is 8. The van der Waals surface area contributed by atoms with E-state index >= 15 is 0 Å². The van der Waals surface area contributed by atoms with Crippen molar-refractivity contribution in [3.63, 3.8) is 0 Å². The summed E-state index contributed by atoms with van der Waals surface area (Å²) in [6, 6.07) is 9.14. The first-order chi connectivity index (χ1) is 16.2. The summed E-state index contributed by atoms with van der Waals surface area (Å²) in [5, 5.41) is 16.0. The maximum atomic E-state index is 12.6. The van der Waals surface area contributed by atoms with Crippen molar-refractivity contribution < 1.29 is 33.5 Å². The van der Waals surface area contributed by atoms with Crippen LogP contribution in [0.1, 0.15) is 31.1 Å². The summed E-state index contributed by atoms with van der Waals surface area (Å²) in [5.41, 5.74) is 0.313. The number of nitro groups is 1. The molecule has 2 rings (SSSR count). The molecule has 2 amide bonds. The van der Waals surface area contributed by atoms with Crippen molar-refractivity contribution in [1.29, 1.82) is 0 Å². The number of nitrogens with one attached hydrogen (secondary N) is 2. The monoisotopic (exact) mass is 473 g/mol. The molecule has 34 heavy (non-hydrogen) atoms. The fourth-order valence-electron chi connectivity index (χ4n) is 2.90. The van der Waals surface area contributed by atoms with Crippen molar-refractivity contribution >= 4 is 29.2 Å². The van der Waals surface area contributed by atoms with E-state index in [0.717, 1.165) is 6.07 Å². The normalized spacial score (nSPS) is 11.3. The highest BCUT2D eigenvalue weighted by molar-refractivity contribution is 5.98. The van der Waals surface area contributed by atoms with Crippen LogP contribution in [-0.2, 0) is 14.3 Å². The number of esters is 1. The molecule has 0 aliphatic rings. The Hall–Kier alpha value is -4.15. The number of anilines is 1. The van der Waals surface area contributed by atoms with E-state index in [2.05, 4.69) is 10.6 Å². The van der Waals surface area contributed by atoms with Crippen LogP contribution in [0.3, 0.4) is 0 Å². The SMILES string of the molecule is CCOc1ccc(C(=O)N[C@H](C(=O)OCC(=O)Nc2ccc([N+](=O)[O-])cc2OC)C(C)C)cc1. The highest BCUT2D eigenvalue weighted by atomic mass is 16.6. The number of nitro benzene ring substituents is 1. The van der Waals surface area contributed by atoms with Crippen molar-refractivity contribution in [2.75, 3.05) is 25.6 Å². The molecule has 2 N–H and O–H groups in total. The van der Waals surface area contributed by atoms with E-state index in [1.807, 2.05) is 6.92 Å². The van der Waals surface area contributed by atoms with E-state index in [4.69, 9.17) is 14.2 Å². The Balaban J connectivity index is 1.97. The molecule has 0 radical (unpaired) electrons. The van der Waals surface area contributed by atoms with Gasteiger partial charge in [-0.1, -0.05) is 13.8 Å². The van der Waals surface area contributed by atoms with Gasteiger partial charge in [0.25, 0.3) is 17.5 Å². The molecule has 0 spiro atoms. The van der Waals surface area contributed by atoms with Gasteiger partial charge in [0.15, 0.2) is 6.61 Å². The molecule has 0 saturated heterocycles. The minimum atomic E-state index is -0.985. The highest BCUT2D eigenvalue weighted by Crippen LogP contribution is 2.28. The number of rotatable bonds is 11. The molecular weight excluding hydrogens is 446 g/mol. The molecule has 0 bridgehead atoms. The Labute approximate surface area is 196 Å². The molecule has 2 aromatic carbocycles.